The Kier molecular flexibility index (Phi) is 3.91. The summed E-state index contributed by atoms with van der Waals surface area (Å²) in [5.74, 6) is 0. The largest absolute Gasteiger partial charge is 0.295 e. The zero-order chi connectivity index (χ0) is 16.9. The van der Waals surface area contributed by atoms with Crippen molar-refractivity contribution in [2.75, 3.05) is 0 Å². The van der Waals surface area contributed by atoms with E-state index in [-0.39, 0.29) is 4.90 Å². The molecule has 0 amide bonds. The van der Waals surface area contributed by atoms with Crippen LogP contribution in [0.25, 0.3) is 10.8 Å². The molecule has 0 aliphatic rings. The van der Waals surface area contributed by atoms with Crippen LogP contribution >= 0.6 is 0 Å². The molecule has 4 heteroatoms. The molecule has 0 saturated heterocycles. The van der Waals surface area contributed by atoms with Crippen molar-refractivity contribution in [1.29, 1.82) is 0 Å². The third-order valence-corrected chi connectivity index (χ3v) is 4.76. The Morgan fingerprint density at radius 1 is 0.909 bits per heavy atom. The molecule has 0 atom stereocenters. The van der Waals surface area contributed by atoms with Gasteiger partial charge in [0.25, 0.3) is 10.1 Å². The van der Waals surface area contributed by atoms with Crippen molar-refractivity contribution in [1.82, 2.24) is 0 Å². The second kappa shape index (κ2) is 5.07. The van der Waals surface area contributed by atoms with Crippen molar-refractivity contribution in [2.45, 2.75) is 57.3 Å². The van der Waals surface area contributed by atoms with Crippen LogP contribution in [0.1, 0.15) is 52.7 Å². The standard InChI is InChI=1S/C18H24O3S/c1-17(2,3)14-11-12-9-7-8-10-13(12)15(18(4,5)6)16(14)22(19,20)21/h7-11H,1-6H3,(H,19,20,21). The molecule has 0 bridgehead atoms. The van der Waals surface area contributed by atoms with E-state index < -0.39 is 20.9 Å². The highest BCUT2D eigenvalue weighted by atomic mass is 32.2. The van der Waals surface area contributed by atoms with Crippen LogP contribution in [-0.4, -0.2) is 13.0 Å². The Labute approximate surface area is 133 Å². The summed E-state index contributed by atoms with van der Waals surface area (Å²) in [5.41, 5.74) is 0.526. The summed E-state index contributed by atoms with van der Waals surface area (Å²) < 4.78 is 34.2. The molecule has 0 radical (unpaired) electrons. The molecule has 0 aliphatic carbocycles. The number of hydrogen-bond acceptors (Lipinski definition) is 2. The fourth-order valence-electron chi connectivity index (χ4n) is 2.90. The van der Waals surface area contributed by atoms with Gasteiger partial charge in [-0.05, 0) is 38.8 Å². The topological polar surface area (TPSA) is 54.4 Å². The van der Waals surface area contributed by atoms with Gasteiger partial charge in [0.15, 0.2) is 0 Å². The summed E-state index contributed by atoms with van der Waals surface area (Å²) in [6, 6.07) is 9.61. The molecule has 0 saturated carbocycles. The predicted octanol–water partition coefficient (Wildman–Crippen LogP) is 4.68. The number of rotatable bonds is 1. The van der Waals surface area contributed by atoms with Crippen molar-refractivity contribution in [3.8, 4) is 0 Å². The van der Waals surface area contributed by atoms with Crippen LogP contribution in [-0.2, 0) is 20.9 Å². The van der Waals surface area contributed by atoms with Gasteiger partial charge in [0, 0.05) is 0 Å². The highest BCUT2D eigenvalue weighted by molar-refractivity contribution is 7.86. The van der Waals surface area contributed by atoms with E-state index in [0.717, 1.165) is 10.8 Å². The van der Waals surface area contributed by atoms with Crippen LogP contribution in [0.3, 0.4) is 0 Å². The quantitative estimate of drug-likeness (QED) is 0.776. The Balaban J connectivity index is 3.16. The van der Waals surface area contributed by atoms with Crippen molar-refractivity contribution in [2.24, 2.45) is 0 Å². The highest BCUT2D eigenvalue weighted by Gasteiger charge is 2.33. The van der Waals surface area contributed by atoms with E-state index in [4.69, 9.17) is 0 Å². The lowest BCUT2D eigenvalue weighted by molar-refractivity contribution is 0.468. The Bertz CT molecular complexity index is 820. The van der Waals surface area contributed by atoms with Crippen molar-refractivity contribution in [3.63, 3.8) is 0 Å². The fourth-order valence-corrected chi connectivity index (χ4v) is 4.22. The number of hydrogen-bond donors (Lipinski definition) is 1. The number of fused-ring (bicyclic) bond motifs is 1. The van der Waals surface area contributed by atoms with Crippen LogP contribution < -0.4 is 0 Å². The number of benzene rings is 2. The molecule has 0 fully saturated rings. The molecule has 0 aromatic heterocycles. The van der Waals surface area contributed by atoms with Gasteiger partial charge >= 0.3 is 0 Å². The lowest BCUT2D eigenvalue weighted by atomic mass is 9.78. The molecule has 1 N–H and O–H groups in total. The van der Waals surface area contributed by atoms with Crippen LogP contribution in [0.15, 0.2) is 35.2 Å². The lowest BCUT2D eigenvalue weighted by Crippen LogP contribution is -2.23. The van der Waals surface area contributed by atoms with E-state index >= 15 is 0 Å². The van der Waals surface area contributed by atoms with Gasteiger partial charge in [0.2, 0.25) is 0 Å². The molecule has 2 aromatic carbocycles. The SMILES string of the molecule is CC(C)(C)c1cc2ccccc2c(C(C)(C)C)c1S(=O)(=O)O. The Hall–Kier alpha value is -1.39. The monoisotopic (exact) mass is 320 g/mol. The van der Waals surface area contributed by atoms with Crippen molar-refractivity contribution >= 4 is 20.9 Å². The zero-order valence-corrected chi connectivity index (χ0v) is 14.9. The van der Waals surface area contributed by atoms with Crippen molar-refractivity contribution in [3.05, 3.63) is 41.5 Å². The van der Waals surface area contributed by atoms with Gasteiger partial charge in [0.05, 0.1) is 0 Å². The summed E-state index contributed by atoms with van der Waals surface area (Å²) in [6.45, 7) is 11.8. The van der Waals surface area contributed by atoms with E-state index in [9.17, 15) is 13.0 Å². The maximum atomic E-state index is 12.2. The van der Waals surface area contributed by atoms with Gasteiger partial charge in [-0.15, -0.1) is 0 Å². The van der Waals surface area contributed by atoms with Crippen LogP contribution in [0.5, 0.6) is 0 Å². The molecule has 0 heterocycles. The zero-order valence-electron chi connectivity index (χ0n) is 14.1. The molecular weight excluding hydrogens is 296 g/mol. The molecule has 0 aliphatic heterocycles. The van der Waals surface area contributed by atoms with Gasteiger partial charge in [-0.25, -0.2) is 0 Å². The first-order chi connectivity index (χ1) is 9.83. The first-order valence-corrected chi connectivity index (χ1v) is 8.81. The minimum Gasteiger partial charge on any atom is -0.282 e. The van der Waals surface area contributed by atoms with Gasteiger partial charge < -0.3 is 0 Å². The predicted molar refractivity (Wildman–Crippen MR) is 91.2 cm³/mol. The van der Waals surface area contributed by atoms with Crippen LogP contribution in [0, 0.1) is 0 Å². The average Bonchev–Trinajstić information content (AvgIpc) is 2.33. The molecule has 2 rings (SSSR count). The third kappa shape index (κ3) is 3.03. The minimum atomic E-state index is -4.32. The van der Waals surface area contributed by atoms with Crippen LogP contribution in [0.2, 0.25) is 0 Å². The van der Waals surface area contributed by atoms with E-state index in [2.05, 4.69) is 0 Å². The Morgan fingerprint density at radius 3 is 1.91 bits per heavy atom. The lowest BCUT2D eigenvalue weighted by Gasteiger charge is -2.30. The van der Waals surface area contributed by atoms with Crippen LogP contribution in [0.4, 0.5) is 0 Å². The average molecular weight is 320 g/mol. The third-order valence-electron chi connectivity index (χ3n) is 3.82. The van der Waals surface area contributed by atoms with Gasteiger partial charge in [-0.3, -0.25) is 4.55 Å². The molecule has 120 valence electrons. The highest BCUT2D eigenvalue weighted by Crippen LogP contribution is 2.41. The summed E-state index contributed by atoms with van der Waals surface area (Å²) in [5, 5.41) is 1.86. The van der Waals surface area contributed by atoms with Gasteiger partial charge in [-0.2, -0.15) is 8.42 Å². The van der Waals surface area contributed by atoms with Gasteiger partial charge in [-0.1, -0.05) is 65.8 Å². The summed E-state index contributed by atoms with van der Waals surface area (Å²) >= 11 is 0. The normalized spacial score (nSPS) is 13.6. The molecule has 22 heavy (non-hydrogen) atoms. The molecule has 0 spiro atoms. The van der Waals surface area contributed by atoms with E-state index in [1.54, 1.807) is 0 Å². The summed E-state index contributed by atoms with van der Waals surface area (Å²) in [6.07, 6.45) is 0. The van der Waals surface area contributed by atoms with E-state index in [1.165, 1.54) is 0 Å². The van der Waals surface area contributed by atoms with E-state index in [1.807, 2.05) is 71.9 Å². The second-order valence-electron chi connectivity index (χ2n) is 7.82. The summed E-state index contributed by atoms with van der Waals surface area (Å²) in [7, 11) is -4.32. The minimum absolute atomic E-state index is 0.0613. The molecule has 3 nitrogen and oxygen atoms in total. The second-order valence-corrected chi connectivity index (χ2v) is 9.18. The smallest absolute Gasteiger partial charge is 0.282 e. The fraction of sp³-hybridized carbons (Fsp3) is 0.444. The van der Waals surface area contributed by atoms with E-state index in [0.29, 0.717) is 11.1 Å². The first kappa shape index (κ1) is 17.0. The summed E-state index contributed by atoms with van der Waals surface area (Å²) in [4.78, 5) is 0.0613. The maximum Gasteiger partial charge on any atom is 0.295 e. The maximum absolute atomic E-state index is 12.2. The Morgan fingerprint density at radius 2 is 1.45 bits per heavy atom. The first-order valence-electron chi connectivity index (χ1n) is 7.37. The molecule has 2 aromatic rings. The molecule has 0 unspecified atom stereocenters. The van der Waals surface area contributed by atoms with Crippen molar-refractivity contribution < 1.29 is 13.0 Å². The molecular formula is C18H24O3S. The van der Waals surface area contributed by atoms with Gasteiger partial charge in [0.1, 0.15) is 4.90 Å².